The Morgan fingerprint density at radius 2 is 1.89 bits per heavy atom. The number of likely N-dealkylation sites (N-methyl/N-ethyl adjacent to an activating group) is 1. The fraction of sp³-hybridized carbons (Fsp3) is 0.600. The Kier molecular flexibility index (Phi) is 6.16. The lowest BCUT2D eigenvalue weighted by Crippen LogP contribution is -2.40. The van der Waals surface area contributed by atoms with Crippen LogP contribution in [0, 0.1) is 0 Å². The van der Waals surface area contributed by atoms with Crippen LogP contribution in [0.3, 0.4) is 0 Å². The van der Waals surface area contributed by atoms with Crippen LogP contribution in [0.2, 0.25) is 0 Å². The van der Waals surface area contributed by atoms with Gasteiger partial charge < -0.3 is 15.3 Å². The highest BCUT2D eigenvalue weighted by Gasteiger charge is 2.11. The number of phenols is 1. The van der Waals surface area contributed by atoms with Crippen LogP contribution in [0.15, 0.2) is 24.3 Å². The van der Waals surface area contributed by atoms with Crippen LogP contribution in [0.4, 0.5) is 0 Å². The molecule has 2 N–H and O–H groups in total. The minimum Gasteiger partial charge on any atom is -0.508 e. The van der Waals surface area contributed by atoms with Crippen molar-refractivity contribution in [3.63, 3.8) is 0 Å². The summed E-state index contributed by atoms with van der Waals surface area (Å²) in [6.07, 6.45) is 0. The third-order valence-electron chi connectivity index (χ3n) is 3.33. The smallest absolute Gasteiger partial charge is 0.115 e. The molecule has 0 saturated heterocycles. The average molecular weight is 250 g/mol. The van der Waals surface area contributed by atoms with Gasteiger partial charge in [-0.2, -0.15) is 0 Å². The highest BCUT2D eigenvalue weighted by molar-refractivity contribution is 5.29. The van der Waals surface area contributed by atoms with Gasteiger partial charge in [0.25, 0.3) is 0 Å². The highest BCUT2D eigenvalue weighted by atomic mass is 16.3. The quantitative estimate of drug-likeness (QED) is 0.781. The Morgan fingerprint density at radius 3 is 2.44 bits per heavy atom. The first-order chi connectivity index (χ1) is 8.56. The molecule has 2 unspecified atom stereocenters. The summed E-state index contributed by atoms with van der Waals surface area (Å²) < 4.78 is 0. The zero-order chi connectivity index (χ0) is 13.5. The molecule has 3 nitrogen and oxygen atoms in total. The van der Waals surface area contributed by atoms with Crippen LogP contribution < -0.4 is 5.32 Å². The molecular formula is C15H26N2O. The van der Waals surface area contributed by atoms with E-state index >= 15 is 0 Å². The third kappa shape index (κ3) is 4.67. The van der Waals surface area contributed by atoms with Gasteiger partial charge in [0.2, 0.25) is 0 Å². The lowest BCUT2D eigenvalue weighted by atomic mass is 10.1. The van der Waals surface area contributed by atoms with E-state index in [1.807, 2.05) is 18.2 Å². The molecule has 0 aliphatic carbocycles. The summed E-state index contributed by atoms with van der Waals surface area (Å²) >= 11 is 0. The van der Waals surface area contributed by atoms with Crippen molar-refractivity contribution in [2.75, 3.05) is 19.6 Å². The van der Waals surface area contributed by atoms with Crippen molar-refractivity contribution in [3.05, 3.63) is 29.8 Å². The maximum atomic E-state index is 9.48. The van der Waals surface area contributed by atoms with Crippen LogP contribution in [-0.4, -0.2) is 35.7 Å². The lowest BCUT2D eigenvalue weighted by molar-refractivity contribution is 0.264. The number of nitrogens with one attached hydrogen (secondary N) is 1. The molecule has 0 heterocycles. The summed E-state index contributed by atoms with van der Waals surface area (Å²) in [7, 11) is 0. The van der Waals surface area contributed by atoms with Gasteiger partial charge in [0.1, 0.15) is 5.75 Å². The van der Waals surface area contributed by atoms with E-state index in [2.05, 4.69) is 37.9 Å². The van der Waals surface area contributed by atoms with Crippen LogP contribution in [-0.2, 0) is 0 Å². The molecule has 1 aromatic carbocycles. The summed E-state index contributed by atoms with van der Waals surface area (Å²) in [4.78, 5) is 2.41. The first kappa shape index (κ1) is 15.0. The van der Waals surface area contributed by atoms with E-state index in [1.165, 1.54) is 0 Å². The van der Waals surface area contributed by atoms with E-state index < -0.39 is 0 Å². The topological polar surface area (TPSA) is 35.5 Å². The first-order valence-electron chi connectivity index (χ1n) is 6.84. The second kappa shape index (κ2) is 7.39. The molecule has 0 aliphatic heterocycles. The number of benzene rings is 1. The first-order valence-corrected chi connectivity index (χ1v) is 6.84. The number of nitrogens with zero attached hydrogens (tertiary/aromatic N) is 1. The summed E-state index contributed by atoms with van der Waals surface area (Å²) in [6, 6.07) is 8.14. The van der Waals surface area contributed by atoms with Gasteiger partial charge in [0.15, 0.2) is 0 Å². The maximum absolute atomic E-state index is 9.48. The number of phenolic OH excluding ortho intramolecular Hbond substituents is 1. The summed E-state index contributed by atoms with van der Waals surface area (Å²) in [5.41, 5.74) is 1.13. The average Bonchev–Trinajstić information content (AvgIpc) is 2.35. The molecule has 0 bridgehead atoms. The fourth-order valence-electron chi connectivity index (χ4n) is 2.24. The van der Waals surface area contributed by atoms with Crippen molar-refractivity contribution >= 4 is 0 Å². The van der Waals surface area contributed by atoms with Crippen LogP contribution in [0.1, 0.15) is 39.3 Å². The molecule has 2 atom stereocenters. The normalized spacial score (nSPS) is 14.7. The SMILES string of the molecule is CCN(CC)CC(C)NC(C)c1cccc(O)c1. The molecular weight excluding hydrogens is 224 g/mol. The molecule has 0 spiro atoms. The lowest BCUT2D eigenvalue weighted by Gasteiger charge is -2.26. The van der Waals surface area contributed by atoms with Gasteiger partial charge in [-0.25, -0.2) is 0 Å². The van der Waals surface area contributed by atoms with Crippen molar-refractivity contribution in [1.29, 1.82) is 0 Å². The second-order valence-electron chi connectivity index (χ2n) is 4.87. The molecule has 0 fully saturated rings. The molecule has 0 saturated carbocycles. The maximum Gasteiger partial charge on any atom is 0.115 e. The largest absolute Gasteiger partial charge is 0.508 e. The van der Waals surface area contributed by atoms with E-state index in [1.54, 1.807) is 6.07 Å². The minimum absolute atomic E-state index is 0.252. The van der Waals surface area contributed by atoms with Gasteiger partial charge in [0.05, 0.1) is 0 Å². The standard InChI is InChI=1S/C15H26N2O/c1-5-17(6-2)11-12(3)16-13(4)14-8-7-9-15(18)10-14/h7-10,12-13,16,18H,5-6,11H2,1-4H3. The van der Waals surface area contributed by atoms with E-state index in [4.69, 9.17) is 0 Å². The number of aromatic hydroxyl groups is 1. The van der Waals surface area contributed by atoms with Crippen LogP contribution >= 0.6 is 0 Å². The Morgan fingerprint density at radius 1 is 1.22 bits per heavy atom. The van der Waals surface area contributed by atoms with Gasteiger partial charge in [-0.1, -0.05) is 26.0 Å². The molecule has 18 heavy (non-hydrogen) atoms. The van der Waals surface area contributed by atoms with E-state index in [-0.39, 0.29) is 6.04 Å². The Labute approximate surface area is 111 Å². The number of hydrogen-bond donors (Lipinski definition) is 2. The van der Waals surface area contributed by atoms with Crippen LogP contribution in [0.25, 0.3) is 0 Å². The molecule has 0 radical (unpaired) electrons. The molecule has 0 aromatic heterocycles. The molecule has 102 valence electrons. The Balaban J connectivity index is 2.51. The molecule has 3 heteroatoms. The van der Waals surface area contributed by atoms with Crippen molar-refractivity contribution < 1.29 is 5.11 Å². The van der Waals surface area contributed by atoms with Crippen molar-refractivity contribution in [3.8, 4) is 5.75 Å². The van der Waals surface area contributed by atoms with Gasteiger partial charge in [-0.05, 0) is 44.6 Å². The van der Waals surface area contributed by atoms with Crippen molar-refractivity contribution in [1.82, 2.24) is 10.2 Å². The fourth-order valence-corrected chi connectivity index (χ4v) is 2.24. The number of rotatable bonds is 7. The van der Waals surface area contributed by atoms with E-state index in [0.29, 0.717) is 11.8 Å². The minimum atomic E-state index is 0.252. The Bertz CT molecular complexity index is 350. The molecule has 0 aliphatic rings. The second-order valence-corrected chi connectivity index (χ2v) is 4.87. The van der Waals surface area contributed by atoms with Gasteiger partial charge in [0, 0.05) is 18.6 Å². The Hall–Kier alpha value is -1.06. The predicted molar refractivity (Wildman–Crippen MR) is 76.9 cm³/mol. The molecule has 1 rings (SSSR count). The predicted octanol–water partition coefficient (Wildman–Crippen LogP) is 2.77. The molecule has 1 aromatic rings. The van der Waals surface area contributed by atoms with Crippen LogP contribution in [0.5, 0.6) is 5.75 Å². The van der Waals surface area contributed by atoms with Gasteiger partial charge >= 0.3 is 0 Å². The highest BCUT2D eigenvalue weighted by Crippen LogP contribution is 2.18. The summed E-state index contributed by atoms with van der Waals surface area (Å²) in [6.45, 7) is 11.9. The number of hydrogen-bond acceptors (Lipinski definition) is 3. The zero-order valence-electron chi connectivity index (χ0n) is 12.0. The van der Waals surface area contributed by atoms with Gasteiger partial charge in [-0.3, -0.25) is 0 Å². The van der Waals surface area contributed by atoms with Crippen molar-refractivity contribution in [2.45, 2.75) is 39.8 Å². The summed E-state index contributed by atoms with van der Waals surface area (Å²) in [5, 5.41) is 13.1. The van der Waals surface area contributed by atoms with Gasteiger partial charge in [-0.15, -0.1) is 0 Å². The van der Waals surface area contributed by atoms with E-state index in [0.717, 1.165) is 25.2 Å². The zero-order valence-corrected chi connectivity index (χ0v) is 12.0. The van der Waals surface area contributed by atoms with Crippen molar-refractivity contribution in [2.24, 2.45) is 0 Å². The third-order valence-corrected chi connectivity index (χ3v) is 3.33. The van der Waals surface area contributed by atoms with E-state index in [9.17, 15) is 5.11 Å². The molecule has 0 amide bonds. The monoisotopic (exact) mass is 250 g/mol. The summed E-state index contributed by atoms with van der Waals surface area (Å²) in [5.74, 6) is 0.331.